The fourth-order valence-electron chi connectivity index (χ4n) is 2.23. The fraction of sp³-hybridized carbons (Fsp3) is 0.278. The Labute approximate surface area is 131 Å². The number of benzene rings is 2. The molecule has 1 N–H and O–H groups in total. The Hall–Kier alpha value is -2.49. The van der Waals surface area contributed by atoms with Crippen LogP contribution >= 0.6 is 0 Å². The van der Waals surface area contributed by atoms with Crippen LogP contribution in [0.3, 0.4) is 0 Å². The molecule has 0 atom stereocenters. The molecular weight excluding hydrogens is 278 g/mol. The lowest BCUT2D eigenvalue weighted by molar-refractivity contribution is -0.120. The third-order valence-electron chi connectivity index (χ3n) is 3.44. The van der Waals surface area contributed by atoms with Crippen LogP contribution in [0.15, 0.2) is 42.5 Å². The van der Waals surface area contributed by atoms with E-state index in [1.807, 2.05) is 49.4 Å². The fourth-order valence-corrected chi connectivity index (χ4v) is 2.23. The van der Waals surface area contributed by atoms with Crippen LogP contribution in [-0.4, -0.2) is 20.1 Å². The van der Waals surface area contributed by atoms with Crippen molar-refractivity contribution in [1.29, 1.82) is 0 Å². The van der Waals surface area contributed by atoms with Crippen LogP contribution in [0.25, 0.3) is 0 Å². The molecule has 0 aliphatic heterocycles. The first-order valence-corrected chi connectivity index (χ1v) is 7.15. The van der Waals surface area contributed by atoms with Gasteiger partial charge in [0.2, 0.25) is 5.91 Å². The summed E-state index contributed by atoms with van der Waals surface area (Å²) in [4.78, 5) is 12.0. The number of nitrogens with one attached hydrogen (secondary N) is 1. The average molecular weight is 299 g/mol. The summed E-state index contributed by atoms with van der Waals surface area (Å²) in [7, 11) is 3.25. The van der Waals surface area contributed by atoms with E-state index in [0.717, 1.165) is 28.2 Å². The Balaban J connectivity index is 1.93. The smallest absolute Gasteiger partial charge is 0.224 e. The van der Waals surface area contributed by atoms with Gasteiger partial charge in [0.25, 0.3) is 0 Å². The predicted octanol–water partition coefficient (Wildman–Crippen LogP) is 2.87. The molecule has 22 heavy (non-hydrogen) atoms. The second-order valence-corrected chi connectivity index (χ2v) is 5.12. The van der Waals surface area contributed by atoms with Crippen molar-refractivity contribution in [3.8, 4) is 11.5 Å². The number of carbonyl (C=O) groups is 1. The van der Waals surface area contributed by atoms with Crippen LogP contribution in [0.2, 0.25) is 0 Å². The average Bonchev–Trinajstić information content (AvgIpc) is 2.54. The van der Waals surface area contributed by atoms with Gasteiger partial charge in [0.1, 0.15) is 11.5 Å². The molecule has 0 fully saturated rings. The first-order valence-electron chi connectivity index (χ1n) is 7.15. The van der Waals surface area contributed by atoms with Crippen molar-refractivity contribution < 1.29 is 14.3 Å². The van der Waals surface area contributed by atoms with Crippen molar-refractivity contribution in [2.75, 3.05) is 14.2 Å². The van der Waals surface area contributed by atoms with Gasteiger partial charge in [0.05, 0.1) is 20.6 Å². The summed E-state index contributed by atoms with van der Waals surface area (Å²) in [6.45, 7) is 2.47. The second-order valence-electron chi connectivity index (χ2n) is 5.12. The van der Waals surface area contributed by atoms with Crippen LogP contribution in [0, 0.1) is 6.92 Å². The van der Waals surface area contributed by atoms with Gasteiger partial charge in [-0.3, -0.25) is 4.79 Å². The molecule has 0 heterocycles. The van der Waals surface area contributed by atoms with E-state index < -0.39 is 0 Å². The van der Waals surface area contributed by atoms with E-state index in [1.165, 1.54) is 0 Å². The van der Waals surface area contributed by atoms with Crippen molar-refractivity contribution >= 4 is 5.91 Å². The van der Waals surface area contributed by atoms with Gasteiger partial charge in [-0.15, -0.1) is 0 Å². The minimum absolute atomic E-state index is 0.0197. The molecule has 2 aromatic carbocycles. The summed E-state index contributed by atoms with van der Waals surface area (Å²) >= 11 is 0. The predicted molar refractivity (Wildman–Crippen MR) is 86.3 cm³/mol. The first kappa shape index (κ1) is 15.9. The van der Waals surface area contributed by atoms with Crippen LogP contribution in [-0.2, 0) is 17.8 Å². The molecule has 0 saturated heterocycles. The maximum absolute atomic E-state index is 12.0. The molecule has 4 nitrogen and oxygen atoms in total. The molecule has 0 aliphatic carbocycles. The van der Waals surface area contributed by atoms with E-state index in [1.54, 1.807) is 14.2 Å². The number of hydrogen-bond donors (Lipinski definition) is 1. The highest BCUT2D eigenvalue weighted by Gasteiger charge is 2.07. The van der Waals surface area contributed by atoms with Gasteiger partial charge >= 0.3 is 0 Å². The van der Waals surface area contributed by atoms with Crippen LogP contribution in [0.1, 0.15) is 16.7 Å². The van der Waals surface area contributed by atoms with Crippen LogP contribution in [0.4, 0.5) is 0 Å². The molecule has 0 unspecified atom stereocenters. The molecule has 116 valence electrons. The van der Waals surface area contributed by atoms with Gasteiger partial charge in [-0.25, -0.2) is 0 Å². The number of ether oxygens (including phenoxy) is 2. The number of rotatable bonds is 6. The van der Waals surface area contributed by atoms with Crippen molar-refractivity contribution in [1.82, 2.24) is 5.32 Å². The van der Waals surface area contributed by atoms with Crippen molar-refractivity contribution in [3.05, 3.63) is 59.2 Å². The lowest BCUT2D eigenvalue weighted by Crippen LogP contribution is -2.24. The summed E-state index contributed by atoms with van der Waals surface area (Å²) in [6, 6.07) is 13.4. The van der Waals surface area contributed by atoms with Gasteiger partial charge in [0.15, 0.2) is 0 Å². The molecule has 0 bridgehead atoms. The largest absolute Gasteiger partial charge is 0.497 e. The van der Waals surface area contributed by atoms with E-state index in [0.29, 0.717) is 13.0 Å². The van der Waals surface area contributed by atoms with Crippen molar-refractivity contribution in [2.24, 2.45) is 0 Å². The number of aryl methyl sites for hydroxylation is 1. The SMILES string of the molecule is COc1ccc(CC(=O)NCc2cc(C)ccc2OC)cc1. The zero-order chi connectivity index (χ0) is 15.9. The summed E-state index contributed by atoms with van der Waals surface area (Å²) in [6.07, 6.45) is 0.345. The van der Waals surface area contributed by atoms with Gasteiger partial charge in [-0.1, -0.05) is 29.8 Å². The third kappa shape index (κ3) is 4.25. The summed E-state index contributed by atoms with van der Waals surface area (Å²) in [5, 5.41) is 2.93. The third-order valence-corrected chi connectivity index (χ3v) is 3.44. The number of methoxy groups -OCH3 is 2. The molecule has 1 amide bonds. The number of carbonyl (C=O) groups excluding carboxylic acids is 1. The molecule has 0 radical (unpaired) electrons. The van der Waals surface area contributed by atoms with Crippen molar-refractivity contribution in [3.63, 3.8) is 0 Å². The minimum Gasteiger partial charge on any atom is -0.497 e. The molecule has 0 spiro atoms. The maximum atomic E-state index is 12.0. The Morgan fingerprint density at radius 3 is 2.41 bits per heavy atom. The lowest BCUT2D eigenvalue weighted by Gasteiger charge is -2.11. The topological polar surface area (TPSA) is 47.6 Å². The lowest BCUT2D eigenvalue weighted by atomic mass is 10.1. The standard InChI is InChI=1S/C18H21NO3/c1-13-4-9-17(22-3)15(10-13)12-19-18(20)11-14-5-7-16(21-2)8-6-14/h4-10H,11-12H2,1-3H3,(H,19,20). The van der Waals surface area contributed by atoms with Gasteiger partial charge in [-0.05, 0) is 30.7 Å². The second kappa shape index (κ2) is 7.50. The monoisotopic (exact) mass is 299 g/mol. The highest BCUT2D eigenvalue weighted by Crippen LogP contribution is 2.19. The van der Waals surface area contributed by atoms with Crippen LogP contribution < -0.4 is 14.8 Å². The molecule has 2 aromatic rings. The molecule has 0 saturated carbocycles. The quantitative estimate of drug-likeness (QED) is 0.892. The first-order chi connectivity index (χ1) is 10.6. The molecule has 4 heteroatoms. The Morgan fingerprint density at radius 1 is 1.05 bits per heavy atom. The Kier molecular flexibility index (Phi) is 5.42. The van der Waals surface area contributed by atoms with Gasteiger partial charge in [-0.2, -0.15) is 0 Å². The summed E-state index contributed by atoms with van der Waals surface area (Å²) in [5.74, 6) is 1.55. The normalized spacial score (nSPS) is 10.1. The van der Waals surface area contributed by atoms with Crippen LogP contribution in [0.5, 0.6) is 11.5 Å². The Morgan fingerprint density at radius 2 is 1.77 bits per heavy atom. The van der Waals surface area contributed by atoms with E-state index >= 15 is 0 Å². The number of hydrogen-bond acceptors (Lipinski definition) is 3. The summed E-state index contributed by atoms with van der Waals surface area (Å²) < 4.78 is 10.4. The highest BCUT2D eigenvalue weighted by atomic mass is 16.5. The van der Waals surface area contributed by atoms with Crippen molar-refractivity contribution in [2.45, 2.75) is 19.9 Å². The van der Waals surface area contributed by atoms with E-state index in [9.17, 15) is 4.79 Å². The molecule has 2 rings (SSSR count). The van der Waals surface area contributed by atoms with Gasteiger partial charge < -0.3 is 14.8 Å². The Bertz CT molecular complexity index is 635. The minimum atomic E-state index is -0.0197. The van der Waals surface area contributed by atoms with E-state index in [-0.39, 0.29) is 5.91 Å². The maximum Gasteiger partial charge on any atom is 0.224 e. The molecule has 0 aromatic heterocycles. The van der Waals surface area contributed by atoms with Gasteiger partial charge in [0, 0.05) is 12.1 Å². The van der Waals surface area contributed by atoms with E-state index in [4.69, 9.17) is 9.47 Å². The molecule has 0 aliphatic rings. The molecular formula is C18H21NO3. The number of amides is 1. The highest BCUT2D eigenvalue weighted by molar-refractivity contribution is 5.78. The summed E-state index contributed by atoms with van der Waals surface area (Å²) in [5.41, 5.74) is 3.07. The van der Waals surface area contributed by atoms with E-state index in [2.05, 4.69) is 5.32 Å². The zero-order valence-electron chi connectivity index (χ0n) is 13.2. The zero-order valence-corrected chi connectivity index (χ0v) is 13.2.